The van der Waals surface area contributed by atoms with Crippen LogP contribution in [0.2, 0.25) is 0 Å². The Balaban J connectivity index is 1.92. The number of esters is 1. The van der Waals surface area contributed by atoms with Crippen LogP contribution in [-0.4, -0.2) is 58.8 Å². The predicted molar refractivity (Wildman–Crippen MR) is 139 cm³/mol. The van der Waals surface area contributed by atoms with Crippen LogP contribution in [0, 0.1) is 0 Å². The second-order valence-electron chi connectivity index (χ2n) is 8.67. The molecule has 0 fully saturated rings. The van der Waals surface area contributed by atoms with Crippen molar-refractivity contribution in [2.45, 2.75) is 37.9 Å². The Morgan fingerprint density at radius 3 is 1.89 bits per heavy atom. The molecule has 37 heavy (non-hydrogen) atoms. The van der Waals surface area contributed by atoms with Crippen molar-refractivity contribution < 1.29 is 34.1 Å². The van der Waals surface area contributed by atoms with Gasteiger partial charge in [-0.25, -0.2) is 0 Å². The van der Waals surface area contributed by atoms with E-state index in [2.05, 4.69) is 10.6 Å². The minimum atomic E-state index is -1.79. The van der Waals surface area contributed by atoms with Crippen molar-refractivity contribution in [3.8, 4) is 0 Å². The maximum absolute atomic E-state index is 12.4. The summed E-state index contributed by atoms with van der Waals surface area (Å²) in [6, 6.07) is 18.5. The number of ether oxygens (including phenoxy) is 1. The Bertz CT molecular complexity index is 1100. The molecule has 2 aromatic carbocycles. The number of benzene rings is 2. The highest BCUT2D eigenvalue weighted by atomic mass is 16.5. The van der Waals surface area contributed by atoms with Crippen LogP contribution in [0.25, 0.3) is 12.2 Å². The Hall–Kier alpha value is -4.24. The molecule has 0 spiro atoms. The number of carboxylic acid groups (broad SMARTS) is 1. The second kappa shape index (κ2) is 15.0. The highest BCUT2D eigenvalue weighted by Gasteiger charge is 2.29. The minimum absolute atomic E-state index is 0.0412. The molecule has 2 rings (SSSR count). The number of hydrogen-bond donors (Lipinski definition) is 4. The van der Waals surface area contributed by atoms with Crippen LogP contribution in [0.15, 0.2) is 72.8 Å². The fraction of sp³-hybridized carbons (Fsp3) is 0.286. The van der Waals surface area contributed by atoms with Gasteiger partial charge in [0.2, 0.25) is 11.8 Å². The third kappa shape index (κ3) is 12.9. The Kier molecular flexibility index (Phi) is 11.8. The monoisotopic (exact) mass is 508 g/mol. The molecule has 0 radical (unpaired) electrons. The smallest absolute Gasteiger partial charge is 0.309 e. The van der Waals surface area contributed by atoms with Gasteiger partial charge in [0.05, 0.1) is 25.0 Å². The molecule has 0 aliphatic heterocycles. The van der Waals surface area contributed by atoms with E-state index in [1.807, 2.05) is 60.7 Å². The lowest BCUT2D eigenvalue weighted by molar-refractivity contribution is -0.156. The fourth-order valence-corrected chi connectivity index (χ4v) is 3.29. The van der Waals surface area contributed by atoms with Crippen molar-refractivity contribution in [2.24, 2.45) is 0 Å². The van der Waals surface area contributed by atoms with E-state index >= 15 is 0 Å². The number of aliphatic carboxylic acids is 1. The van der Waals surface area contributed by atoms with Gasteiger partial charge < -0.3 is 25.6 Å². The summed E-state index contributed by atoms with van der Waals surface area (Å²) in [7, 11) is 0. The molecular weight excluding hydrogens is 476 g/mol. The van der Waals surface area contributed by atoms with Crippen molar-refractivity contribution >= 4 is 35.9 Å². The zero-order chi connectivity index (χ0) is 27.1. The van der Waals surface area contributed by atoms with E-state index in [0.717, 1.165) is 11.1 Å². The fourth-order valence-electron chi connectivity index (χ4n) is 3.29. The van der Waals surface area contributed by atoms with Crippen LogP contribution in [-0.2, 0) is 23.9 Å². The number of carboxylic acids is 1. The highest BCUT2D eigenvalue weighted by molar-refractivity contribution is 5.92. The lowest BCUT2D eigenvalue weighted by Gasteiger charge is -2.23. The molecule has 0 aliphatic carbocycles. The van der Waals surface area contributed by atoms with Crippen molar-refractivity contribution in [3.63, 3.8) is 0 Å². The van der Waals surface area contributed by atoms with Gasteiger partial charge in [0.25, 0.3) is 0 Å². The third-order valence-electron chi connectivity index (χ3n) is 5.08. The van der Waals surface area contributed by atoms with Gasteiger partial charge in [0.15, 0.2) is 0 Å². The first-order valence-corrected chi connectivity index (χ1v) is 11.8. The molecule has 4 N–H and O–H groups in total. The van der Waals surface area contributed by atoms with E-state index in [-0.39, 0.29) is 25.4 Å². The summed E-state index contributed by atoms with van der Waals surface area (Å²) in [5.74, 6) is -2.82. The first-order chi connectivity index (χ1) is 17.6. The average Bonchev–Trinajstić information content (AvgIpc) is 2.84. The summed E-state index contributed by atoms with van der Waals surface area (Å²) in [6.07, 6.45) is 4.23. The summed E-state index contributed by atoms with van der Waals surface area (Å²) in [4.78, 5) is 47.6. The molecule has 0 aliphatic rings. The Morgan fingerprint density at radius 2 is 1.38 bits per heavy atom. The van der Waals surface area contributed by atoms with E-state index < -0.39 is 42.4 Å². The largest absolute Gasteiger partial charge is 0.481 e. The number of carbonyl (C=O) groups is 4. The molecule has 9 nitrogen and oxygen atoms in total. The molecule has 2 aromatic rings. The van der Waals surface area contributed by atoms with E-state index in [4.69, 9.17) is 9.84 Å². The molecule has 0 aromatic heterocycles. The lowest BCUT2D eigenvalue weighted by Crippen LogP contribution is -2.38. The van der Waals surface area contributed by atoms with Gasteiger partial charge in [-0.15, -0.1) is 0 Å². The molecule has 0 bridgehead atoms. The van der Waals surface area contributed by atoms with Crippen molar-refractivity contribution in [3.05, 3.63) is 83.9 Å². The molecule has 2 unspecified atom stereocenters. The van der Waals surface area contributed by atoms with Gasteiger partial charge in [-0.2, -0.15) is 0 Å². The van der Waals surface area contributed by atoms with Crippen LogP contribution in [0.4, 0.5) is 0 Å². The second-order valence-corrected chi connectivity index (χ2v) is 8.67. The van der Waals surface area contributed by atoms with Crippen molar-refractivity contribution in [1.82, 2.24) is 10.6 Å². The van der Waals surface area contributed by atoms with Crippen molar-refractivity contribution in [1.29, 1.82) is 0 Å². The number of carbonyl (C=O) groups excluding carboxylic acids is 3. The maximum Gasteiger partial charge on any atom is 0.309 e. The number of amides is 2. The van der Waals surface area contributed by atoms with Crippen LogP contribution >= 0.6 is 0 Å². The van der Waals surface area contributed by atoms with E-state index in [1.54, 1.807) is 12.2 Å². The Morgan fingerprint density at radius 1 is 0.865 bits per heavy atom. The third-order valence-corrected chi connectivity index (χ3v) is 5.08. The lowest BCUT2D eigenvalue weighted by atomic mass is 9.98. The number of hydrogen-bond acceptors (Lipinski definition) is 6. The van der Waals surface area contributed by atoms with E-state index in [9.17, 15) is 24.3 Å². The maximum atomic E-state index is 12.4. The highest BCUT2D eigenvalue weighted by Crippen LogP contribution is 2.16. The predicted octanol–water partition coefficient (Wildman–Crippen LogP) is 2.56. The quantitative estimate of drug-likeness (QED) is 0.227. The molecule has 2 amide bonds. The molecule has 196 valence electrons. The van der Waals surface area contributed by atoms with Gasteiger partial charge in [-0.3, -0.25) is 19.2 Å². The van der Waals surface area contributed by atoms with Gasteiger partial charge in [0, 0.05) is 25.1 Å². The SMILES string of the molecule is CC(O)(CC(=O)O)CC(=O)OC(CCNC(=O)C=Cc1ccccc1)CNC(=O)C=Cc1ccccc1. The standard InChI is InChI=1S/C28H32N2O7/c1-28(36,18-26(33)34)19-27(35)37-23(20-30-25(32)15-13-22-10-6-3-7-11-22)16-17-29-24(31)14-12-21-8-4-2-5-9-21/h2-15,23,36H,16-20H2,1H3,(H,29,31)(H,30,32)(H,33,34). The average molecular weight is 509 g/mol. The normalized spacial score (nSPS) is 13.6. The number of rotatable bonds is 14. The zero-order valence-electron chi connectivity index (χ0n) is 20.6. The van der Waals surface area contributed by atoms with Gasteiger partial charge in [-0.1, -0.05) is 60.7 Å². The summed E-state index contributed by atoms with van der Waals surface area (Å²) in [5, 5.41) is 24.4. The van der Waals surface area contributed by atoms with Crippen LogP contribution in [0.5, 0.6) is 0 Å². The molecule has 0 saturated carbocycles. The Labute approximate surface area is 215 Å². The molecule has 0 heterocycles. The van der Waals surface area contributed by atoms with E-state index in [0.29, 0.717) is 0 Å². The minimum Gasteiger partial charge on any atom is -0.481 e. The van der Waals surface area contributed by atoms with Crippen molar-refractivity contribution in [2.75, 3.05) is 13.1 Å². The first kappa shape index (κ1) is 29.0. The summed E-state index contributed by atoms with van der Waals surface area (Å²) in [5.41, 5.74) is -0.0808. The van der Waals surface area contributed by atoms with Gasteiger partial charge in [0.1, 0.15) is 6.10 Å². The molecule has 0 saturated heterocycles. The topological polar surface area (TPSA) is 142 Å². The summed E-state index contributed by atoms with van der Waals surface area (Å²) in [6.45, 7) is 1.34. The summed E-state index contributed by atoms with van der Waals surface area (Å²) < 4.78 is 5.39. The zero-order valence-corrected chi connectivity index (χ0v) is 20.6. The molecular formula is C28H32N2O7. The van der Waals surface area contributed by atoms with Crippen LogP contribution in [0.1, 0.15) is 37.3 Å². The van der Waals surface area contributed by atoms with Gasteiger partial charge >= 0.3 is 11.9 Å². The number of aliphatic hydroxyl groups is 1. The molecule has 2 atom stereocenters. The van der Waals surface area contributed by atoms with Crippen LogP contribution in [0.3, 0.4) is 0 Å². The van der Waals surface area contributed by atoms with Gasteiger partial charge in [-0.05, 0) is 30.2 Å². The van der Waals surface area contributed by atoms with E-state index in [1.165, 1.54) is 19.1 Å². The molecule has 9 heteroatoms. The summed E-state index contributed by atoms with van der Waals surface area (Å²) >= 11 is 0. The first-order valence-electron chi connectivity index (χ1n) is 11.8. The number of nitrogens with one attached hydrogen (secondary N) is 2. The van der Waals surface area contributed by atoms with Crippen LogP contribution < -0.4 is 10.6 Å².